The van der Waals surface area contributed by atoms with Gasteiger partial charge < -0.3 is 5.32 Å². The van der Waals surface area contributed by atoms with Gasteiger partial charge in [0.15, 0.2) is 0 Å². The van der Waals surface area contributed by atoms with Crippen LogP contribution in [-0.2, 0) is 10.2 Å². The smallest absolute Gasteiger partial charge is 0.280 e. The summed E-state index contributed by atoms with van der Waals surface area (Å²) in [5.41, 5.74) is 0. The summed E-state index contributed by atoms with van der Waals surface area (Å²) in [6, 6.07) is 0.393. The fourth-order valence-corrected chi connectivity index (χ4v) is 4.57. The summed E-state index contributed by atoms with van der Waals surface area (Å²) in [6.07, 6.45) is 4.15. The molecule has 2 saturated heterocycles. The molecule has 2 atom stereocenters. The quantitative estimate of drug-likeness (QED) is 0.715. The standard InChI is InChI=1S/C10H19N3O2S/c14-16(15,12-9-3-4-9)13-5-1-2-8-6-11-7-10(8)13/h8-12H,1-7H2. The molecule has 3 aliphatic rings. The molecule has 1 aliphatic carbocycles. The van der Waals surface area contributed by atoms with Gasteiger partial charge in [0, 0.05) is 25.2 Å². The molecule has 2 aliphatic heterocycles. The fraction of sp³-hybridized carbons (Fsp3) is 1.00. The predicted octanol–water partition coefficient (Wildman–Crippen LogP) is -0.333. The Balaban J connectivity index is 1.76. The van der Waals surface area contributed by atoms with Gasteiger partial charge in [0.05, 0.1) is 0 Å². The maximum Gasteiger partial charge on any atom is 0.280 e. The molecular weight excluding hydrogens is 226 g/mol. The van der Waals surface area contributed by atoms with Gasteiger partial charge in [0.25, 0.3) is 10.2 Å². The molecule has 3 fully saturated rings. The number of nitrogens with one attached hydrogen (secondary N) is 2. The summed E-state index contributed by atoms with van der Waals surface area (Å²) in [5.74, 6) is 0.518. The first-order valence-corrected chi connectivity index (χ1v) is 7.60. The molecule has 0 spiro atoms. The van der Waals surface area contributed by atoms with Crippen molar-refractivity contribution in [1.82, 2.24) is 14.3 Å². The van der Waals surface area contributed by atoms with Crippen molar-refractivity contribution in [1.29, 1.82) is 0 Å². The number of piperidine rings is 1. The van der Waals surface area contributed by atoms with Crippen molar-refractivity contribution < 1.29 is 8.42 Å². The zero-order chi connectivity index (χ0) is 11.2. The van der Waals surface area contributed by atoms with E-state index < -0.39 is 10.2 Å². The van der Waals surface area contributed by atoms with E-state index in [2.05, 4.69) is 10.0 Å². The Morgan fingerprint density at radius 3 is 2.75 bits per heavy atom. The van der Waals surface area contributed by atoms with Crippen LogP contribution in [0.4, 0.5) is 0 Å². The Bertz CT molecular complexity index is 366. The SMILES string of the molecule is O=S(=O)(NC1CC1)N1CCCC2CNCC21. The lowest BCUT2D eigenvalue weighted by Gasteiger charge is -2.35. The van der Waals surface area contributed by atoms with Gasteiger partial charge in [-0.1, -0.05) is 0 Å². The lowest BCUT2D eigenvalue weighted by molar-refractivity contribution is 0.215. The summed E-state index contributed by atoms with van der Waals surface area (Å²) in [4.78, 5) is 0. The normalized spacial score (nSPS) is 36.2. The molecule has 0 radical (unpaired) electrons. The topological polar surface area (TPSA) is 61.4 Å². The van der Waals surface area contributed by atoms with E-state index in [4.69, 9.17) is 0 Å². The number of nitrogens with zero attached hydrogens (tertiary/aromatic N) is 1. The lowest BCUT2D eigenvalue weighted by Crippen LogP contribution is -2.52. The van der Waals surface area contributed by atoms with Gasteiger partial charge in [0.2, 0.25) is 0 Å². The Morgan fingerprint density at radius 1 is 1.19 bits per heavy atom. The minimum absolute atomic E-state index is 0.185. The molecule has 6 heteroatoms. The Morgan fingerprint density at radius 2 is 2.00 bits per heavy atom. The highest BCUT2D eigenvalue weighted by Gasteiger charge is 2.42. The Kier molecular flexibility index (Phi) is 2.70. The van der Waals surface area contributed by atoms with Crippen molar-refractivity contribution >= 4 is 10.2 Å². The van der Waals surface area contributed by atoms with Crippen molar-refractivity contribution in [2.45, 2.75) is 37.8 Å². The highest BCUT2D eigenvalue weighted by Crippen LogP contribution is 2.29. The van der Waals surface area contributed by atoms with Crippen LogP contribution in [0.25, 0.3) is 0 Å². The molecule has 2 heterocycles. The van der Waals surface area contributed by atoms with Crippen LogP contribution in [0, 0.1) is 5.92 Å². The molecule has 0 aromatic rings. The van der Waals surface area contributed by atoms with E-state index >= 15 is 0 Å². The van der Waals surface area contributed by atoms with Gasteiger partial charge in [-0.3, -0.25) is 0 Å². The number of hydrogen-bond acceptors (Lipinski definition) is 3. The van der Waals surface area contributed by atoms with Crippen LogP contribution in [-0.4, -0.2) is 44.4 Å². The van der Waals surface area contributed by atoms with Gasteiger partial charge in [-0.05, 0) is 38.1 Å². The molecule has 2 N–H and O–H groups in total. The summed E-state index contributed by atoms with van der Waals surface area (Å²) in [6.45, 7) is 2.47. The van der Waals surface area contributed by atoms with E-state index in [1.54, 1.807) is 4.31 Å². The minimum atomic E-state index is -3.23. The average molecular weight is 245 g/mol. The van der Waals surface area contributed by atoms with Crippen LogP contribution < -0.4 is 10.0 Å². The van der Waals surface area contributed by atoms with Crippen LogP contribution in [0.2, 0.25) is 0 Å². The van der Waals surface area contributed by atoms with Crippen molar-refractivity contribution in [3.05, 3.63) is 0 Å². The van der Waals surface area contributed by atoms with Crippen LogP contribution in [0.3, 0.4) is 0 Å². The second kappa shape index (κ2) is 3.94. The first-order valence-electron chi connectivity index (χ1n) is 6.16. The zero-order valence-corrected chi connectivity index (χ0v) is 10.2. The van der Waals surface area contributed by atoms with E-state index in [1.165, 1.54) is 0 Å². The third kappa shape index (κ3) is 1.99. The summed E-state index contributed by atoms with van der Waals surface area (Å²) >= 11 is 0. The molecule has 0 bridgehead atoms. The predicted molar refractivity (Wildman–Crippen MR) is 61.2 cm³/mol. The van der Waals surface area contributed by atoms with Crippen LogP contribution in [0.15, 0.2) is 0 Å². The van der Waals surface area contributed by atoms with Crippen molar-refractivity contribution in [2.75, 3.05) is 19.6 Å². The molecule has 5 nitrogen and oxygen atoms in total. The van der Waals surface area contributed by atoms with Crippen molar-refractivity contribution in [3.63, 3.8) is 0 Å². The molecule has 16 heavy (non-hydrogen) atoms. The summed E-state index contributed by atoms with van der Waals surface area (Å²) in [7, 11) is -3.23. The van der Waals surface area contributed by atoms with E-state index in [-0.39, 0.29) is 12.1 Å². The van der Waals surface area contributed by atoms with Gasteiger partial charge in [-0.15, -0.1) is 0 Å². The van der Waals surface area contributed by atoms with Crippen molar-refractivity contribution in [3.8, 4) is 0 Å². The third-order valence-electron chi connectivity index (χ3n) is 3.83. The molecular formula is C10H19N3O2S. The first kappa shape index (κ1) is 11.0. The zero-order valence-electron chi connectivity index (χ0n) is 9.35. The van der Waals surface area contributed by atoms with Crippen LogP contribution >= 0.6 is 0 Å². The molecule has 1 saturated carbocycles. The largest absolute Gasteiger partial charge is 0.315 e. The molecule has 2 unspecified atom stereocenters. The third-order valence-corrected chi connectivity index (χ3v) is 5.53. The molecule has 3 rings (SSSR count). The highest BCUT2D eigenvalue weighted by molar-refractivity contribution is 7.87. The van der Waals surface area contributed by atoms with Gasteiger partial charge >= 0.3 is 0 Å². The minimum Gasteiger partial charge on any atom is -0.315 e. The van der Waals surface area contributed by atoms with Crippen molar-refractivity contribution in [2.24, 2.45) is 5.92 Å². The number of hydrogen-bond donors (Lipinski definition) is 2. The van der Waals surface area contributed by atoms with Gasteiger partial charge in [-0.2, -0.15) is 17.4 Å². The van der Waals surface area contributed by atoms with Gasteiger partial charge in [-0.25, -0.2) is 0 Å². The molecule has 0 aromatic carbocycles. The lowest BCUT2D eigenvalue weighted by atomic mass is 9.94. The summed E-state index contributed by atoms with van der Waals surface area (Å²) < 4.78 is 28.8. The van der Waals surface area contributed by atoms with E-state index in [1.807, 2.05) is 0 Å². The maximum atomic E-state index is 12.2. The van der Waals surface area contributed by atoms with Crippen LogP contribution in [0.5, 0.6) is 0 Å². The second-order valence-corrected chi connectivity index (χ2v) is 6.79. The van der Waals surface area contributed by atoms with E-state index in [9.17, 15) is 8.42 Å². The molecule has 0 aromatic heterocycles. The maximum absolute atomic E-state index is 12.2. The Hall–Kier alpha value is -0.170. The summed E-state index contributed by atoms with van der Waals surface area (Å²) in [5, 5.41) is 3.30. The fourth-order valence-electron chi connectivity index (χ4n) is 2.80. The number of fused-ring (bicyclic) bond motifs is 1. The highest BCUT2D eigenvalue weighted by atomic mass is 32.2. The average Bonchev–Trinajstić information content (AvgIpc) is 2.92. The first-order chi connectivity index (χ1) is 7.67. The van der Waals surface area contributed by atoms with E-state index in [0.717, 1.165) is 38.8 Å². The van der Waals surface area contributed by atoms with E-state index in [0.29, 0.717) is 12.5 Å². The Labute approximate surface area is 96.8 Å². The second-order valence-electron chi connectivity index (χ2n) is 5.14. The molecule has 0 amide bonds. The van der Waals surface area contributed by atoms with Gasteiger partial charge in [0.1, 0.15) is 0 Å². The number of rotatable bonds is 3. The molecule has 92 valence electrons. The van der Waals surface area contributed by atoms with Crippen LogP contribution in [0.1, 0.15) is 25.7 Å². The monoisotopic (exact) mass is 245 g/mol.